The molecule has 0 saturated heterocycles. The largest absolute Gasteiger partial charge is 3.00 e. The Morgan fingerprint density at radius 2 is 0.0154 bits per heavy atom. The van der Waals surface area contributed by atoms with Crippen molar-refractivity contribution in [3.05, 3.63) is 0 Å². The molecule has 0 bridgehead atoms. The maximum Gasteiger partial charge on any atom is 3.00 e. The van der Waals surface area contributed by atoms with Gasteiger partial charge in [0.25, 0.3) is 0 Å². The molecule has 0 fully saturated rings. The van der Waals surface area contributed by atoms with Crippen molar-refractivity contribution in [3.8, 4) is 0 Å². The summed E-state index contributed by atoms with van der Waals surface area (Å²) in [6.45, 7) is 0. The van der Waals surface area contributed by atoms with E-state index >= 15 is 0 Å². The molecule has 0 aliphatic carbocycles. The van der Waals surface area contributed by atoms with Crippen molar-refractivity contribution in [2.45, 2.75) is 0 Å². The Bertz CT molecular complexity index is 125. The Kier molecular flexibility index (Phi) is 318000. The molecule has 0 aromatic carbocycles. The predicted octanol–water partition coefficient (Wildman–Crippen LogP) is -28.5. The summed E-state index contributed by atoms with van der Waals surface area (Å²) >= 11 is 0. The summed E-state index contributed by atoms with van der Waals surface area (Å²) in [5.41, 5.74) is 0. The van der Waals surface area contributed by atoms with E-state index in [4.69, 9.17) is 0 Å². The first-order valence-corrected chi connectivity index (χ1v) is 0. The molecule has 0 saturated carbocycles. The maximum atomic E-state index is 0. The zero-order chi connectivity index (χ0) is 0. The van der Waals surface area contributed by atoms with Gasteiger partial charge in [-0.1, -0.05) is 0 Å². The molecular formula is Al50O80-10. The molecule has 0 atom stereocenters. The number of hydrogen-bond acceptors (Lipinski definition) is 0. The van der Waals surface area contributed by atoms with Crippen molar-refractivity contribution in [3.63, 3.8) is 0 Å². The first-order chi connectivity index (χ1) is 0. The smallest absolute Gasteiger partial charge is 2.00 e. The Labute approximate surface area is 1280 Å². The Morgan fingerprint density at radius 1 is 0.0154 bits per heavy atom. The summed E-state index contributed by atoms with van der Waals surface area (Å²) in [6, 6.07) is 0. The van der Waals surface area contributed by atoms with Crippen LogP contribution in [0.15, 0.2) is 0 Å². The van der Waals surface area contributed by atoms with E-state index in [1.165, 1.54) is 0 Å². The Balaban J connectivity index is 0. The molecule has 130 heavy (non-hydrogen) atoms. The molecule has 130 heteroatoms. The van der Waals surface area contributed by atoms with Gasteiger partial charge in [0.1, 0.15) is 0 Å². The van der Waals surface area contributed by atoms with Gasteiger partial charge in [-0.2, -0.15) is 0 Å². The predicted molar refractivity (Wildman–Crippen MR) is 343 cm³/mol. The Morgan fingerprint density at radius 3 is 0.0154 bits per heavy atom. The molecule has 0 radical (unpaired) electrons. The minimum atomic E-state index is 0. The van der Waals surface area contributed by atoms with E-state index in [0.29, 0.717) is 0 Å². The van der Waals surface area contributed by atoms with Crippen molar-refractivity contribution in [2.24, 2.45) is 0 Å². The van der Waals surface area contributed by atoms with E-state index in [1.807, 2.05) is 0 Å². The second kappa shape index (κ2) is 6370. The van der Waals surface area contributed by atoms with Crippen molar-refractivity contribution in [2.75, 3.05) is 0 Å². The molecule has 0 aromatic heterocycles. The van der Waals surface area contributed by atoms with Crippen molar-refractivity contribution in [1.29, 1.82) is 0 Å². The molecule has 0 unspecified atom stereocenters. The van der Waals surface area contributed by atoms with E-state index in [1.54, 1.807) is 0 Å². The summed E-state index contributed by atoms with van der Waals surface area (Å²) in [6.07, 6.45) is 0. The maximum absolute atomic E-state index is 0. The monoisotopic (exact) mass is 2630 g/mol. The second-order valence-corrected chi connectivity index (χ2v) is 0. The van der Waals surface area contributed by atoms with Gasteiger partial charge in [0.05, 0.1) is 0 Å². The van der Waals surface area contributed by atoms with Gasteiger partial charge in [-0.05, 0) is 0 Å². The van der Waals surface area contributed by atoms with Crippen molar-refractivity contribution >= 4 is 868 Å². The van der Waals surface area contributed by atoms with E-state index in [2.05, 4.69) is 0 Å². The van der Waals surface area contributed by atoms with Crippen LogP contribution in [0.1, 0.15) is 0 Å². The normalized spacial score (nSPS) is 0. The van der Waals surface area contributed by atoms with Crippen LogP contribution in [0.4, 0.5) is 0 Å². The fourth-order valence-electron chi connectivity index (χ4n) is 0. The van der Waals surface area contributed by atoms with Crippen LogP contribution in [0, 0.1) is 0 Å². The average Bonchev–Trinajstić information content (AvgIpc) is 0. The third kappa shape index (κ3) is 6240. The fraction of sp³-hybridized carbons (Fsp3) is 0. The SMILES string of the molecule is [Al+3].[Al+3].[Al+3].[Al+3].[Al+3].[Al+3].[Al+3].[Al+3].[Al+3].[Al+3].[Al+3].[Al+3].[Al+3].[Al+3].[Al+3].[Al+3].[Al+3].[Al+3].[Al+3].[Al+3].[Al+3].[Al+3].[Al+3].[Al+3].[Al+3].[Al+3].[Al+3].[Al+3].[Al+3].[Al+3].[Al+3].[Al+3].[Al+3].[Al+3].[Al+3].[Al+3].[Al+3].[Al+3].[Al+3].[Al+3].[Al+3].[Al+3].[Al+3].[Al+3].[Al+3].[Al+3].[Al+3].[Al+3].[Al+3].[Al+3].[O-2].[O-2].[O-2].[O-2].[O-2].[O-2].[O-2].[O-2].[O-2].[O-2].[O-2].[O-2].[O-2].[O-2].[O-2].[O-2].[O-2].[O-2].[O-2].[O-2].[O-2].[O-2].[O-2].[O-2].[O-2].[O-2].[O-2].[O-2].[O-2].[O-2].[O-2].[O-2].[O-2].[O-2].[O-2].[O-2].[O-2].[O-2].[O-2].[O-2].[O-2].[O-2].[O-2].[O-2].[O-2].[O-2].[O-2].[O-2].[O-2].[O-2].[O-2].[O-2].[O-2].[O-2].[O-2].[O-2].[O-2].[O-2].[O-2].[O-2].[O-2].[O-2].[O-2].[O-2].[O-2].[O-2].[O-2].[O-2].[O-2].[O-2].[O-2].[O-2].[O-2].[O-2].[O-2].[O-2].[O-2].[O-2].[O-2].[O-2]. The van der Waals surface area contributed by atoms with Crippen LogP contribution in [0.3, 0.4) is 0 Å². The molecule has 0 spiro atoms. The quantitative estimate of drug-likeness (QED) is 0.204. The van der Waals surface area contributed by atoms with Crippen LogP contribution in [0.2, 0.25) is 0 Å². The zero-order valence-electron chi connectivity index (χ0n) is 61.5. The van der Waals surface area contributed by atoms with Gasteiger partial charge in [0.15, 0.2) is 0 Å². The van der Waals surface area contributed by atoms with Gasteiger partial charge in [0, 0.05) is 0 Å². The molecular weight excluding hydrogens is 2630 g/mol. The van der Waals surface area contributed by atoms with Crippen LogP contribution in [0.5, 0.6) is 0 Å². The van der Waals surface area contributed by atoms with Gasteiger partial charge in [-0.25, -0.2) is 0 Å². The second-order valence-electron chi connectivity index (χ2n) is 0. The summed E-state index contributed by atoms with van der Waals surface area (Å²) in [5, 5.41) is 0. The van der Waals surface area contributed by atoms with Gasteiger partial charge >= 0.3 is 868 Å². The number of rotatable bonds is 0. The summed E-state index contributed by atoms with van der Waals surface area (Å²) in [4.78, 5) is 0. The van der Waals surface area contributed by atoms with Crippen molar-refractivity contribution in [1.82, 2.24) is 0 Å². The molecule has 0 aliphatic heterocycles. The molecule has 640 valence electrons. The fourth-order valence-corrected chi connectivity index (χ4v) is 0. The van der Waals surface area contributed by atoms with Crippen LogP contribution >= 0.6 is 0 Å². The van der Waals surface area contributed by atoms with E-state index in [0.717, 1.165) is 0 Å². The molecule has 0 aromatic rings. The van der Waals surface area contributed by atoms with Gasteiger partial charge in [-0.3, -0.25) is 0 Å². The molecule has 0 amide bonds. The first-order valence-electron chi connectivity index (χ1n) is 0. The van der Waals surface area contributed by atoms with Crippen LogP contribution in [-0.2, 0) is 438 Å². The minimum absolute atomic E-state index is 0. The first kappa shape index (κ1) is 6500. The zero-order valence-corrected chi connectivity index (χ0v) is 119. The van der Waals surface area contributed by atoms with Gasteiger partial charge < -0.3 is 438 Å². The van der Waals surface area contributed by atoms with Gasteiger partial charge in [0.2, 0.25) is 0 Å². The molecule has 80 nitrogen and oxygen atoms in total. The third-order valence-corrected chi connectivity index (χ3v) is 0. The molecule has 0 aliphatic rings. The van der Waals surface area contributed by atoms with Gasteiger partial charge in [-0.15, -0.1) is 0 Å². The molecule has 0 heterocycles. The van der Waals surface area contributed by atoms with E-state index in [-0.39, 0.29) is 1310 Å². The summed E-state index contributed by atoms with van der Waals surface area (Å²) in [5.74, 6) is 0. The van der Waals surface area contributed by atoms with Crippen LogP contribution in [-0.4, -0.2) is 868 Å². The third-order valence-electron chi connectivity index (χ3n) is 0. The van der Waals surface area contributed by atoms with E-state index < -0.39 is 0 Å². The minimum Gasteiger partial charge on any atom is -2.00 e. The Hall–Kier alpha value is 23.4. The van der Waals surface area contributed by atoms with Crippen LogP contribution in [0.25, 0.3) is 0 Å². The van der Waals surface area contributed by atoms with Crippen LogP contribution < -0.4 is 0 Å². The molecule has 0 rings (SSSR count). The summed E-state index contributed by atoms with van der Waals surface area (Å²) in [7, 11) is 0. The number of hydrogen-bond donors (Lipinski definition) is 0. The molecule has 0 N–H and O–H groups in total. The van der Waals surface area contributed by atoms with E-state index in [9.17, 15) is 0 Å². The van der Waals surface area contributed by atoms with Crippen molar-refractivity contribution < 1.29 is 438 Å². The standard InChI is InChI=1S/50Al.80O/q50*+3;80*-2. The summed E-state index contributed by atoms with van der Waals surface area (Å²) < 4.78 is 0. The average molecular weight is 2630 g/mol. The topological polar surface area (TPSA) is 2280 Å².